The van der Waals surface area contributed by atoms with Gasteiger partial charge in [0.15, 0.2) is 0 Å². The fourth-order valence-corrected chi connectivity index (χ4v) is 1.73. The smallest absolute Gasteiger partial charge is 0.229 e. The first-order valence-corrected chi connectivity index (χ1v) is 5.78. The largest absolute Gasteiger partial charge is 0.330 e. The van der Waals surface area contributed by atoms with Crippen LogP contribution in [0.4, 0.5) is 10.1 Å². The molecule has 17 heavy (non-hydrogen) atoms. The van der Waals surface area contributed by atoms with E-state index in [2.05, 4.69) is 0 Å². The lowest BCUT2D eigenvalue weighted by molar-refractivity contribution is -0.121. The molecule has 0 saturated heterocycles. The third kappa shape index (κ3) is 3.41. The first kappa shape index (κ1) is 13.9. The molecule has 5 heteroatoms. The molecule has 2 N–H and O–H groups in total. The number of carbonyl (C=O) groups excluding carboxylic acids is 1. The number of anilines is 1. The van der Waals surface area contributed by atoms with Gasteiger partial charge in [-0.3, -0.25) is 4.79 Å². The molecule has 0 fully saturated rings. The molecule has 1 atom stereocenters. The second kappa shape index (κ2) is 5.98. The van der Waals surface area contributed by atoms with E-state index in [1.165, 1.54) is 30.1 Å². The molecule has 1 aromatic rings. The molecule has 0 bridgehead atoms. The molecule has 0 aliphatic carbocycles. The van der Waals surface area contributed by atoms with Gasteiger partial charge in [0, 0.05) is 18.0 Å². The summed E-state index contributed by atoms with van der Waals surface area (Å²) in [5.41, 5.74) is 5.58. The van der Waals surface area contributed by atoms with Crippen LogP contribution in [-0.2, 0) is 4.79 Å². The van der Waals surface area contributed by atoms with Gasteiger partial charge in [-0.15, -0.1) is 0 Å². The van der Waals surface area contributed by atoms with Crippen molar-refractivity contribution < 1.29 is 9.18 Å². The molecule has 0 aliphatic rings. The fourth-order valence-electron chi connectivity index (χ4n) is 1.57. The molecule has 0 aromatic heterocycles. The Hall–Kier alpha value is -1.13. The fraction of sp³-hybridized carbons (Fsp3) is 0.417. The van der Waals surface area contributed by atoms with Crippen LogP contribution >= 0.6 is 11.6 Å². The van der Waals surface area contributed by atoms with Gasteiger partial charge in [0.05, 0.1) is 5.69 Å². The van der Waals surface area contributed by atoms with Gasteiger partial charge in [0.25, 0.3) is 0 Å². The predicted molar refractivity (Wildman–Crippen MR) is 67.7 cm³/mol. The quantitative estimate of drug-likeness (QED) is 0.902. The highest BCUT2D eigenvalue weighted by Crippen LogP contribution is 2.24. The van der Waals surface area contributed by atoms with Gasteiger partial charge in [-0.1, -0.05) is 18.5 Å². The van der Waals surface area contributed by atoms with E-state index in [1.54, 1.807) is 6.92 Å². The summed E-state index contributed by atoms with van der Waals surface area (Å²) in [5.74, 6) is -0.870. The Labute approximate surface area is 105 Å². The van der Waals surface area contributed by atoms with E-state index in [4.69, 9.17) is 17.3 Å². The lowest BCUT2D eigenvalue weighted by Crippen LogP contribution is -2.33. The Balaban J connectivity index is 2.92. The van der Waals surface area contributed by atoms with Crippen LogP contribution in [0.5, 0.6) is 0 Å². The van der Waals surface area contributed by atoms with E-state index in [1.807, 2.05) is 0 Å². The van der Waals surface area contributed by atoms with Gasteiger partial charge in [-0.25, -0.2) is 4.39 Å². The first-order valence-electron chi connectivity index (χ1n) is 5.40. The van der Waals surface area contributed by atoms with Crippen molar-refractivity contribution in [2.75, 3.05) is 18.5 Å². The van der Waals surface area contributed by atoms with Gasteiger partial charge in [-0.2, -0.15) is 0 Å². The van der Waals surface area contributed by atoms with E-state index >= 15 is 0 Å². The monoisotopic (exact) mass is 258 g/mol. The first-order chi connectivity index (χ1) is 7.97. The number of carbonyl (C=O) groups is 1. The highest BCUT2D eigenvalue weighted by molar-refractivity contribution is 6.30. The van der Waals surface area contributed by atoms with Crippen molar-refractivity contribution in [1.29, 1.82) is 0 Å². The van der Waals surface area contributed by atoms with Crippen molar-refractivity contribution in [3.63, 3.8) is 0 Å². The van der Waals surface area contributed by atoms with Crippen molar-refractivity contribution in [3.05, 3.63) is 29.0 Å². The number of benzene rings is 1. The highest BCUT2D eigenvalue weighted by atomic mass is 35.5. The summed E-state index contributed by atoms with van der Waals surface area (Å²) in [5, 5.41) is 0.396. The number of rotatable bonds is 4. The standard InChI is InChI=1S/C12H16ClFN2O/c1-8(5-6-15)12(17)16(2)11-7-9(13)3-4-10(11)14/h3-4,7-8H,5-6,15H2,1-2H3. The van der Waals surface area contributed by atoms with E-state index in [0.717, 1.165) is 0 Å². The van der Waals surface area contributed by atoms with Crippen molar-refractivity contribution in [2.24, 2.45) is 11.7 Å². The minimum atomic E-state index is -0.467. The molecule has 0 spiro atoms. The lowest BCUT2D eigenvalue weighted by atomic mass is 10.1. The predicted octanol–water partition coefficient (Wildman–Crippen LogP) is 2.43. The molecule has 1 aromatic carbocycles. The normalized spacial score (nSPS) is 12.3. The number of hydrogen-bond acceptors (Lipinski definition) is 2. The zero-order valence-electron chi connectivity index (χ0n) is 9.91. The molecular formula is C12H16ClFN2O. The summed E-state index contributed by atoms with van der Waals surface area (Å²) < 4.78 is 13.6. The average molecular weight is 259 g/mol. The van der Waals surface area contributed by atoms with Crippen LogP contribution in [0.2, 0.25) is 5.02 Å². The van der Waals surface area contributed by atoms with Crippen molar-refractivity contribution >= 4 is 23.2 Å². The molecule has 0 heterocycles. The Bertz CT molecular complexity index is 411. The number of nitrogens with zero attached hydrogens (tertiary/aromatic N) is 1. The number of nitrogens with two attached hydrogens (primary N) is 1. The molecule has 0 radical (unpaired) electrons. The van der Waals surface area contributed by atoms with Crippen LogP contribution in [-0.4, -0.2) is 19.5 Å². The van der Waals surface area contributed by atoms with Crippen LogP contribution in [0.1, 0.15) is 13.3 Å². The van der Waals surface area contributed by atoms with Gasteiger partial charge in [0.2, 0.25) is 5.91 Å². The maximum Gasteiger partial charge on any atom is 0.229 e. The zero-order valence-corrected chi connectivity index (χ0v) is 10.7. The van der Waals surface area contributed by atoms with Crippen molar-refractivity contribution in [2.45, 2.75) is 13.3 Å². The van der Waals surface area contributed by atoms with Gasteiger partial charge in [0.1, 0.15) is 5.82 Å². The summed E-state index contributed by atoms with van der Waals surface area (Å²) in [6.45, 7) is 2.20. The lowest BCUT2D eigenvalue weighted by Gasteiger charge is -2.21. The van der Waals surface area contributed by atoms with Crippen LogP contribution in [0.25, 0.3) is 0 Å². The molecule has 0 aliphatic heterocycles. The van der Waals surface area contributed by atoms with E-state index in [0.29, 0.717) is 18.0 Å². The van der Waals surface area contributed by atoms with Crippen LogP contribution in [0.15, 0.2) is 18.2 Å². The Kier molecular flexibility index (Phi) is 4.90. The molecule has 1 rings (SSSR count). The minimum absolute atomic E-state index is 0.170. The van der Waals surface area contributed by atoms with Crippen LogP contribution in [0.3, 0.4) is 0 Å². The summed E-state index contributed by atoms with van der Waals surface area (Å²) in [7, 11) is 1.53. The average Bonchev–Trinajstić information content (AvgIpc) is 2.30. The van der Waals surface area contributed by atoms with Crippen LogP contribution in [0, 0.1) is 11.7 Å². The third-order valence-corrected chi connectivity index (χ3v) is 2.86. The molecule has 3 nitrogen and oxygen atoms in total. The summed E-state index contributed by atoms with van der Waals surface area (Å²) >= 11 is 5.78. The van der Waals surface area contributed by atoms with Gasteiger partial charge >= 0.3 is 0 Å². The Morgan fingerprint density at radius 2 is 2.24 bits per heavy atom. The summed E-state index contributed by atoms with van der Waals surface area (Å²) in [4.78, 5) is 13.2. The zero-order chi connectivity index (χ0) is 13.0. The van der Waals surface area contributed by atoms with Crippen molar-refractivity contribution in [1.82, 2.24) is 0 Å². The maximum absolute atomic E-state index is 13.6. The molecule has 1 amide bonds. The van der Waals surface area contributed by atoms with Crippen LogP contribution < -0.4 is 10.6 Å². The molecule has 0 saturated carbocycles. The summed E-state index contributed by atoms with van der Waals surface area (Å²) in [6.07, 6.45) is 0.575. The van der Waals surface area contributed by atoms with Gasteiger partial charge < -0.3 is 10.6 Å². The number of amides is 1. The van der Waals surface area contributed by atoms with Gasteiger partial charge in [-0.05, 0) is 31.2 Å². The third-order valence-electron chi connectivity index (χ3n) is 2.62. The molecular weight excluding hydrogens is 243 g/mol. The Morgan fingerprint density at radius 3 is 2.82 bits per heavy atom. The highest BCUT2D eigenvalue weighted by Gasteiger charge is 2.20. The van der Waals surface area contributed by atoms with E-state index in [-0.39, 0.29) is 17.5 Å². The molecule has 94 valence electrons. The number of halogens is 2. The number of hydrogen-bond donors (Lipinski definition) is 1. The summed E-state index contributed by atoms with van der Waals surface area (Å²) in [6, 6.07) is 4.13. The van der Waals surface area contributed by atoms with E-state index < -0.39 is 5.82 Å². The second-order valence-corrected chi connectivity index (χ2v) is 4.41. The van der Waals surface area contributed by atoms with E-state index in [9.17, 15) is 9.18 Å². The topological polar surface area (TPSA) is 46.3 Å². The maximum atomic E-state index is 13.6. The Morgan fingerprint density at radius 1 is 1.59 bits per heavy atom. The van der Waals surface area contributed by atoms with Crippen molar-refractivity contribution in [3.8, 4) is 0 Å². The second-order valence-electron chi connectivity index (χ2n) is 3.97. The SMILES string of the molecule is CC(CCN)C(=O)N(C)c1cc(Cl)ccc1F. The molecule has 1 unspecified atom stereocenters. The minimum Gasteiger partial charge on any atom is -0.330 e.